The number of thiophene rings is 1. The molecule has 1 aromatic carbocycles. The summed E-state index contributed by atoms with van der Waals surface area (Å²) in [5.41, 5.74) is 1.96. The second-order valence-electron chi connectivity index (χ2n) is 8.44. The van der Waals surface area contributed by atoms with Crippen LogP contribution in [0.2, 0.25) is 0 Å². The standard InChI is InChI=1S/C25H29N3O3S/c1-17-8-10-18(11-9-17)28-23(29)13-12-19(24(28)22-7-5-15-32-22)25(30)26-16-20(27(2)3)21-6-4-14-31-21/h4-11,14-15,19-20,24H,12-13,16H2,1-3H3,(H,26,30). The van der Waals surface area contributed by atoms with E-state index in [0.717, 1.165) is 21.9 Å². The summed E-state index contributed by atoms with van der Waals surface area (Å²) in [6.07, 6.45) is 2.53. The van der Waals surface area contributed by atoms with Crippen LogP contribution in [0.15, 0.2) is 64.6 Å². The molecule has 3 aromatic rings. The van der Waals surface area contributed by atoms with Crippen LogP contribution in [0.5, 0.6) is 0 Å². The van der Waals surface area contributed by atoms with E-state index in [1.807, 2.05) is 84.7 Å². The molecule has 2 aromatic heterocycles. The van der Waals surface area contributed by atoms with E-state index in [-0.39, 0.29) is 29.8 Å². The van der Waals surface area contributed by atoms with Gasteiger partial charge in [-0.15, -0.1) is 11.3 Å². The topological polar surface area (TPSA) is 65.8 Å². The van der Waals surface area contributed by atoms with Crippen molar-refractivity contribution in [3.05, 3.63) is 76.4 Å². The number of amides is 2. The fraction of sp³-hybridized carbons (Fsp3) is 0.360. The van der Waals surface area contributed by atoms with Crippen molar-refractivity contribution < 1.29 is 14.0 Å². The third-order valence-corrected chi connectivity index (χ3v) is 6.99. The van der Waals surface area contributed by atoms with Crippen LogP contribution in [-0.2, 0) is 9.59 Å². The zero-order valence-electron chi connectivity index (χ0n) is 18.7. The Morgan fingerprint density at radius 1 is 1.22 bits per heavy atom. The lowest BCUT2D eigenvalue weighted by molar-refractivity contribution is -0.129. The molecule has 3 unspecified atom stereocenters. The first-order chi connectivity index (χ1) is 15.5. The fourth-order valence-corrected chi connectivity index (χ4v) is 5.19. The van der Waals surface area contributed by atoms with Crippen LogP contribution in [0, 0.1) is 12.8 Å². The summed E-state index contributed by atoms with van der Waals surface area (Å²) in [4.78, 5) is 31.4. The molecule has 6 nitrogen and oxygen atoms in total. The number of piperidine rings is 1. The number of likely N-dealkylation sites (N-methyl/N-ethyl adjacent to an activating group) is 1. The summed E-state index contributed by atoms with van der Waals surface area (Å²) in [5, 5.41) is 5.13. The second kappa shape index (κ2) is 9.71. The average Bonchev–Trinajstić information content (AvgIpc) is 3.49. The van der Waals surface area contributed by atoms with Crippen molar-refractivity contribution in [2.24, 2.45) is 5.92 Å². The number of nitrogens with zero attached hydrogens (tertiary/aromatic N) is 2. The molecule has 1 N–H and O–H groups in total. The average molecular weight is 452 g/mol. The normalized spacial score (nSPS) is 19.9. The van der Waals surface area contributed by atoms with Crippen LogP contribution < -0.4 is 10.2 Å². The molecule has 3 heterocycles. The molecule has 0 saturated carbocycles. The monoisotopic (exact) mass is 451 g/mol. The largest absolute Gasteiger partial charge is 0.468 e. The molecule has 7 heteroatoms. The molecule has 2 amide bonds. The first-order valence-electron chi connectivity index (χ1n) is 10.9. The van der Waals surface area contributed by atoms with Gasteiger partial charge in [-0.1, -0.05) is 23.8 Å². The number of aryl methyl sites for hydroxylation is 1. The molecular weight excluding hydrogens is 422 g/mol. The maximum atomic E-state index is 13.4. The van der Waals surface area contributed by atoms with Gasteiger partial charge in [-0.25, -0.2) is 0 Å². The van der Waals surface area contributed by atoms with E-state index in [1.165, 1.54) is 0 Å². The highest BCUT2D eigenvalue weighted by Gasteiger charge is 2.42. The summed E-state index contributed by atoms with van der Waals surface area (Å²) < 4.78 is 5.57. The van der Waals surface area contributed by atoms with E-state index >= 15 is 0 Å². The minimum absolute atomic E-state index is 0.0357. The Hall–Kier alpha value is -2.90. The zero-order chi connectivity index (χ0) is 22.7. The van der Waals surface area contributed by atoms with Crippen molar-refractivity contribution in [3.63, 3.8) is 0 Å². The van der Waals surface area contributed by atoms with Crippen molar-refractivity contribution in [2.75, 3.05) is 25.5 Å². The molecule has 1 fully saturated rings. The fourth-order valence-electron chi connectivity index (χ4n) is 4.31. The first kappa shape index (κ1) is 22.3. The van der Waals surface area contributed by atoms with Gasteiger partial charge in [-0.2, -0.15) is 0 Å². The molecule has 3 atom stereocenters. The lowest BCUT2D eigenvalue weighted by atomic mass is 9.86. The van der Waals surface area contributed by atoms with Crippen molar-refractivity contribution in [3.8, 4) is 0 Å². The van der Waals surface area contributed by atoms with Gasteiger partial charge < -0.3 is 14.6 Å². The van der Waals surface area contributed by atoms with Crippen LogP contribution in [-0.4, -0.2) is 37.4 Å². The van der Waals surface area contributed by atoms with E-state index < -0.39 is 0 Å². The molecule has 0 bridgehead atoms. The lowest BCUT2D eigenvalue weighted by Crippen LogP contribution is -2.49. The smallest absolute Gasteiger partial charge is 0.227 e. The Morgan fingerprint density at radius 3 is 2.62 bits per heavy atom. The Kier molecular flexibility index (Phi) is 6.77. The Bertz CT molecular complexity index is 1030. The van der Waals surface area contributed by atoms with Gasteiger partial charge in [0.05, 0.1) is 24.3 Å². The van der Waals surface area contributed by atoms with Crippen molar-refractivity contribution in [2.45, 2.75) is 31.8 Å². The number of hydrogen-bond donors (Lipinski definition) is 1. The number of hydrogen-bond acceptors (Lipinski definition) is 5. The van der Waals surface area contributed by atoms with Gasteiger partial charge in [0.2, 0.25) is 11.8 Å². The highest BCUT2D eigenvalue weighted by molar-refractivity contribution is 7.10. The Morgan fingerprint density at radius 2 is 2.00 bits per heavy atom. The quantitative estimate of drug-likeness (QED) is 0.572. The van der Waals surface area contributed by atoms with Crippen LogP contribution in [0.4, 0.5) is 5.69 Å². The second-order valence-corrected chi connectivity index (χ2v) is 9.42. The minimum Gasteiger partial charge on any atom is -0.468 e. The molecule has 4 rings (SSSR count). The Labute approximate surface area is 192 Å². The third kappa shape index (κ3) is 4.64. The van der Waals surface area contributed by atoms with E-state index in [4.69, 9.17) is 4.42 Å². The van der Waals surface area contributed by atoms with Gasteiger partial charge in [-0.05, 0) is 63.2 Å². The highest BCUT2D eigenvalue weighted by atomic mass is 32.1. The summed E-state index contributed by atoms with van der Waals surface area (Å²) in [6.45, 7) is 2.46. The maximum Gasteiger partial charge on any atom is 0.227 e. The SMILES string of the molecule is Cc1ccc(N2C(=O)CCC(C(=O)NCC(c3ccco3)N(C)C)C2c2cccs2)cc1. The van der Waals surface area contributed by atoms with E-state index in [1.54, 1.807) is 17.6 Å². The summed E-state index contributed by atoms with van der Waals surface area (Å²) in [6, 6.07) is 15.3. The van der Waals surface area contributed by atoms with Gasteiger partial charge in [0, 0.05) is 23.5 Å². The first-order valence-corrected chi connectivity index (χ1v) is 11.7. The highest BCUT2D eigenvalue weighted by Crippen LogP contribution is 2.41. The number of furan rings is 1. The molecule has 0 radical (unpaired) electrons. The summed E-state index contributed by atoms with van der Waals surface area (Å²) in [7, 11) is 3.93. The van der Waals surface area contributed by atoms with Crippen LogP contribution in [0.25, 0.3) is 0 Å². The maximum absolute atomic E-state index is 13.4. The predicted octanol–water partition coefficient (Wildman–Crippen LogP) is 4.55. The molecule has 1 aliphatic heterocycles. The zero-order valence-corrected chi connectivity index (χ0v) is 19.5. The van der Waals surface area contributed by atoms with Crippen molar-refractivity contribution in [1.29, 1.82) is 0 Å². The minimum atomic E-state index is -0.327. The van der Waals surface area contributed by atoms with E-state index in [9.17, 15) is 9.59 Å². The van der Waals surface area contributed by atoms with Gasteiger partial charge >= 0.3 is 0 Å². The lowest BCUT2D eigenvalue weighted by Gasteiger charge is -2.40. The molecule has 1 aliphatic rings. The van der Waals surface area contributed by atoms with Crippen LogP contribution in [0.1, 0.15) is 41.1 Å². The van der Waals surface area contributed by atoms with Gasteiger partial charge in [-0.3, -0.25) is 14.5 Å². The summed E-state index contributed by atoms with van der Waals surface area (Å²) in [5.74, 6) is 0.502. The Balaban J connectivity index is 1.59. The van der Waals surface area contributed by atoms with Crippen molar-refractivity contribution in [1.82, 2.24) is 10.2 Å². The van der Waals surface area contributed by atoms with Crippen LogP contribution >= 0.6 is 11.3 Å². The van der Waals surface area contributed by atoms with E-state index in [2.05, 4.69) is 5.32 Å². The number of carbonyl (C=O) groups excluding carboxylic acids is 2. The molecular formula is C25H29N3O3S. The molecule has 0 aliphatic carbocycles. The van der Waals surface area contributed by atoms with Gasteiger partial charge in [0.25, 0.3) is 0 Å². The molecule has 0 spiro atoms. The molecule has 1 saturated heterocycles. The predicted molar refractivity (Wildman–Crippen MR) is 127 cm³/mol. The van der Waals surface area contributed by atoms with Gasteiger partial charge in [0.1, 0.15) is 5.76 Å². The van der Waals surface area contributed by atoms with Gasteiger partial charge in [0.15, 0.2) is 0 Å². The van der Waals surface area contributed by atoms with Crippen molar-refractivity contribution >= 4 is 28.8 Å². The molecule has 168 valence electrons. The van der Waals surface area contributed by atoms with E-state index in [0.29, 0.717) is 19.4 Å². The number of rotatable bonds is 7. The number of anilines is 1. The molecule has 32 heavy (non-hydrogen) atoms. The van der Waals surface area contributed by atoms with Crippen LogP contribution in [0.3, 0.4) is 0 Å². The number of carbonyl (C=O) groups is 2. The number of benzene rings is 1. The summed E-state index contributed by atoms with van der Waals surface area (Å²) >= 11 is 1.58. The third-order valence-electron chi connectivity index (χ3n) is 6.05. The number of nitrogens with one attached hydrogen (secondary N) is 1.